The van der Waals surface area contributed by atoms with Crippen LogP contribution in [0.25, 0.3) is 0 Å². The highest BCUT2D eigenvalue weighted by Crippen LogP contribution is 2.27. The first-order valence-corrected chi connectivity index (χ1v) is 7.74. The smallest absolute Gasteiger partial charge is 0.222 e. The van der Waals surface area contributed by atoms with Gasteiger partial charge in [0.1, 0.15) is 11.9 Å². The number of β-amino-alcohol motifs (C(OH)–C–C–N with tert-alkyl or cyclic N) is 1. The molecule has 1 N–H and O–H groups in total. The van der Waals surface area contributed by atoms with E-state index >= 15 is 0 Å². The Morgan fingerprint density at radius 2 is 2.00 bits per heavy atom. The number of rotatable bonds is 6. The third kappa shape index (κ3) is 3.83. The van der Waals surface area contributed by atoms with E-state index in [2.05, 4.69) is 0 Å². The van der Waals surface area contributed by atoms with E-state index in [1.807, 2.05) is 24.3 Å². The van der Waals surface area contributed by atoms with Crippen molar-refractivity contribution in [1.82, 2.24) is 4.90 Å². The van der Waals surface area contributed by atoms with Crippen LogP contribution in [0.3, 0.4) is 0 Å². The van der Waals surface area contributed by atoms with E-state index in [4.69, 9.17) is 14.2 Å². The predicted octanol–water partition coefficient (Wildman–Crippen LogP) is 1.21. The average Bonchev–Trinajstić information content (AvgIpc) is 2.60. The summed E-state index contributed by atoms with van der Waals surface area (Å²) in [6, 6.07) is 7.67. The summed E-state index contributed by atoms with van der Waals surface area (Å²) in [6.07, 6.45) is 0.568. The lowest BCUT2D eigenvalue weighted by Crippen LogP contribution is -2.58. The zero-order valence-corrected chi connectivity index (χ0v) is 13.9. The van der Waals surface area contributed by atoms with Crippen molar-refractivity contribution in [3.8, 4) is 5.75 Å². The molecule has 0 aliphatic carbocycles. The molecule has 0 aromatic heterocycles. The van der Waals surface area contributed by atoms with Crippen LogP contribution in [0.4, 0.5) is 0 Å². The van der Waals surface area contributed by atoms with Gasteiger partial charge in [-0.15, -0.1) is 0 Å². The van der Waals surface area contributed by atoms with Crippen LogP contribution in [0.2, 0.25) is 0 Å². The number of methoxy groups -OCH3 is 3. The maximum Gasteiger partial charge on any atom is 0.222 e. The van der Waals surface area contributed by atoms with Crippen molar-refractivity contribution in [2.45, 2.75) is 31.2 Å². The molecule has 0 spiro atoms. The van der Waals surface area contributed by atoms with Crippen molar-refractivity contribution in [3.63, 3.8) is 0 Å². The third-order valence-corrected chi connectivity index (χ3v) is 4.48. The number of piperidine rings is 1. The Morgan fingerprint density at radius 3 is 2.61 bits per heavy atom. The second kappa shape index (κ2) is 7.77. The number of ether oxygens (including phenoxy) is 3. The van der Waals surface area contributed by atoms with E-state index in [-0.39, 0.29) is 12.5 Å². The first-order valence-electron chi connectivity index (χ1n) is 7.74. The van der Waals surface area contributed by atoms with Gasteiger partial charge in [-0.05, 0) is 18.1 Å². The zero-order valence-electron chi connectivity index (χ0n) is 13.9. The standard InChI is InChI=1S/C17H25NO5/c1-21-14-7-5-4-6-13(14)8-9-16(20)18-11-10-17(22-2,23-3)15(19)12-18/h4-7,15,19H,8-12H2,1-3H3. The van der Waals surface area contributed by atoms with Gasteiger partial charge in [-0.25, -0.2) is 0 Å². The number of hydrogen-bond donors (Lipinski definition) is 1. The SMILES string of the molecule is COc1ccccc1CCC(=O)N1CCC(OC)(OC)C(O)C1. The molecule has 1 fully saturated rings. The minimum atomic E-state index is -1.01. The molecule has 1 aromatic carbocycles. The lowest BCUT2D eigenvalue weighted by atomic mass is 9.99. The van der Waals surface area contributed by atoms with Crippen LogP contribution in [0, 0.1) is 0 Å². The number of carbonyl (C=O) groups is 1. The van der Waals surface area contributed by atoms with Gasteiger partial charge in [-0.3, -0.25) is 4.79 Å². The summed E-state index contributed by atoms with van der Waals surface area (Å²) in [5.41, 5.74) is 1.00. The third-order valence-electron chi connectivity index (χ3n) is 4.48. The quantitative estimate of drug-likeness (QED) is 0.797. The summed E-state index contributed by atoms with van der Waals surface area (Å²) >= 11 is 0. The number of aryl methyl sites for hydroxylation is 1. The highest BCUT2D eigenvalue weighted by Gasteiger charge is 2.44. The van der Waals surface area contributed by atoms with Crippen molar-refractivity contribution >= 4 is 5.91 Å². The van der Waals surface area contributed by atoms with Gasteiger partial charge in [0.05, 0.1) is 13.7 Å². The molecule has 1 aromatic rings. The molecule has 1 amide bonds. The predicted molar refractivity (Wildman–Crippen MR) is 85.3 cm³/mol. The van der Waals surface area contributed by atoms with Crippen LogP contribution in [0.5, 0.6) is 5.75 Å². The summed E-state index contributed by atoms with van der Waals surface area (Å²) < 4.78 is 15.9. The second-order valence-electron chi connectivity index (χ2n) is 5.64. The normalized spacial score (nSPS) is 20.3. The number of nitrogens with zero attached hydrogens (tertiary/aromatic N) is 1. The number of carbonyl (C=O) groups excluding carboxylic acids is 1. The Balaban J connectivity index is 1.92. The molecule has 1 saturated heterocycles. The number of para-hydroxylation sites is 1. The summed E-state index contributed by atoms with van der Waals surface area (Å²) in [4.78, 5) is 14.1. The molecule has 128 valence electrons. The summed E-state index contributed by atoms with van der Waals surface area (Å²) in [6.45, 7) is 0.718. The van der Waals surface area contributed by atoms with Crippen LogP contribution in [-0.4, -0.2) is 62.2 Å². The van der Waals surface area contributed by atoms with E-state index in [1.165, 1.54) is 14.2 Å². The van der Waals surface area contributed by atoms with Crippen LogP contribution >= 0.6 is 0 Å². The molecule has 1 heterocycles. The lowest BCUT2D eigenvalue weighted by Gasteiger charge is -2.43. The Morgan fingerprint density at radius 1 is 1.30 bits per heavy atom. The van der Waals surface area contributed by atoms with Crippen LogP contribution in [0.15, 0.2) is 24.3 Å². The molecule has 0 bridgehead atoms. The van der Waals surface area contributed by atoms with Gasteiger partial charge in [0.2, 0.25) is 5.91 Å². The molecule has 1 aliphatic rings. The summed E-state index contributed by atoms with van der Waals surface area (Å²) in [7, 11) is 4.63. The lowest BCUT2D eigenvalue weighted by molar-refractivity contribution is -0.277. The van der Waals surface area contributed by atoms with Gasteiger partial charge in [-0.2, -0.15) is 0 Å². The van der Waals surface area contributed by atoms with Crippen molar-refractivity contribution in [2.24, 2.45) is 0 Å². The molecule has 0 radical (unpaired) electrons. The van der Waals surface area contributed by atoms with E-state index in [9.17, 15) is 9.90 Å². The van der Waals surface area contributed by atoms with Crippen molar-refractivity contribution < 1.29 is 24.1 Å². The number of likely N-dealkylation sites (tertiary alicyclic amines) is 1. The Kier molecular flexibility index (Phi) is 5.98. The molecule has 1 aliphatic heterocycles. The summed E-state index contributed by atoms with van der Waals surface area (Å²) in [5, 5.41) is 10.2. The van der Waals surface area contributed by atoms with Gasteiger partial charge in [0.25, 0.3) is 0 Å². The molecular formula is C17H25NO5. The maximum atomic E-state index is 12.4. The second-order valence-corrected chi connectivity index (χ2v) is 5.64. The van der Waals surface area contributed by atoms with Gasteiger partial charge < -0.3 is 24.2 Å². The maximum absolute atomic E-state index is 12.4. The van der Waals surface area contributed by atoms with Gasteiger partial charge in [-0.1, -0.05) is 18.2 Å². The first-order chi connectivity index (χ1) is 11.1. The minimum absolute atomic E-state index is 0.00997. The number of hydrogen-bond acceptors (Lipinski definition) is 5. The van der Waals surface area contributed by atoms with Crippen molar-refractivity contribution in [3.05, 3.63) is 29.8 Å². The monoisotopic (exact) mass is 323 g/mol. The van der Waals surface area contributed by atoms with E-state index in [1.54, 1.807) is 12.0 Å². The van der Waals surface area contributed by atoms with Crippen LogP contribution in [-0.2, 0) is 20.7 Å². The molecule has 1 atom stereocenters. The molecule has 6 nitrogen and oxygen atoms in total. The Hall–Kier alpha value is -1.63. The Bertz CT molecular complexity index is 529. The topological polar surface area (TPSA) is 68.2 Å². The van der Waals surface area contributed by atoms with E-state index in [0.717, 1.165) is 11.3 Å². The molecule has 6 heteroatoms. The van der Waals surface area contributed by atoms with Gasteiger partial charge in [0, 0.05) is 33.6 Å². The molecule has 23 heavy (non-hydrogen) atoms. The highest BCUT2D eigenvalue weighted by molar-refractivity contribution is 5.76. The fourth-order valence-corrected chi connectivity index (χ4v) is 2.99. The van der Waals surface area contributed by atoms with Gasteiger partial charge in [0.15, 0.2) is 5.79 Å². The zero-order chi connectivity index (χ0) is 16.9. The van der Waals surface area contributed by atoms with Gasteiger partial charge >= 0.3 is 0 Å². The number of aliphatic hydroxyl groups is 1. The van der Waals surface area contributed by atoms with Crippen LogP contribution in [0.1, 0.15) is 18.4 Å². The fourth-order valence-electron chi connectivity index (χ4n) is 2.99. The number of aliphatic hydroxyl groups excluding tert-OH is 1. The number of benzene rings is 1. The van der Waals surface area contributed by atoms with Crippen molar-refractivity contribution in [2.75, 3.05) is 34.4 Å². The number of amides is 1. The van der Waals surface area contributed by atoms with E-state index in [0.29, 0.717) is 25.8 Å². The van der Waals surface area contributed by atoms with E-state index < -0.39 is 11.9 Å². The largest absolute Gasteiger partial charge is 0.496 e. The molecule has 0 saturated carbocycles. The minimum Gasteiger partial charge on any atom is -0.496 e. The molecule has 2 rings (SSSR count). The first kappa shape index (κ1) is 17.7. The fraction of sp³-hybridized carbons (Fsp3) is 0.588. The highest BCUT2D eigenvalue weighted by atomic mass is 16.7. The summed E-state index contributed by atoms with van der Waals surface area (Å²) in [5.74, 6) is -0.216. The Labute approximate surface area is 136 Å². The van der Waals surface area contributed by atoms with Crippen molar-refractivity contribution in [1.29, 1.82) is 0 Å². The molecule has 1 unspecified atom stereocenters. The average molecular weight is 323 g/mol. The van der Waals surface area contributed by atoms with Crippen LogP contribution < -0.4 is 4.74 Å². The molecular weight excluding hydrogens is 298 g/mol.